The van der Waals surface area contributed by atoms with Crippen LogP contribution in [0.25, 0.3) is 0 Å². The third-order valence-corrected chi connectivity index (χ3v) is 5.22. The van der Waals surface area contributed by atoms with Gasteiger partial charge in [0.05, 0.1) is 11.0 Å². The molecule has 27 heavy (non-hydrogen) atoms. The molecule has 0 radical (unpaired) electrons. The lowest BCUT2D eigenvalue weighted by atomic mass is 9.94. The number of aliphatic hydroxyl groups is 1. The molecule has 0 amide bonds. The molecule has 0 aliphatic rings. The zero-order valence-electron chi connectivity index (χ0n) is 14.5. The van der Waals surface area contributed by atoms with Crippen molar-refractivity contribution < 1.29 is 31.4 Å². The fraction of sp³-hybridized carbons (Fsp3) is 0.333. The highest BCUT2D eigenvalue weighted by Crippen LogP contribution is 2.25. The van der Waals surface area contributed by atoms with Crippen LogP contribution in [0.5, 0.6) is 5.75 Å². The fourth-order valence-electron chi connectivity index (χ4n) is 2.59. The van der Waals surface area contributed by atoms with Gasteiger partial charge >= 0.3 is 6.36 Å². The van der Waals surface area contributed by atoms with E-state index in [9.17, 15) is 26.7 Å². The number of rotatable bonds is 8. The zero-order chi connectivity index (χ0) is 20.1. The number of alkyl halides is 3. The summed E-state index contributed by atoms with van der Waals surface area (Å²) in [4.78, 5) is -0.180. The number of sulfonamides is 1. The molecule has 2 unspecified atom stereocenters. The zero-order valence-corrected chi connectivity index (χ0v) is 15.3. The molecular weight excluding hydrogens is 383 g/mol. The maximum atomic E-state index is 12.4. The Bertz CT molecular complexity index is 822. The van der Waals surface area contributed by atoms with Gasteiger partial charge in [0.25, 0.3) is 0 Å². The van der Waals surface area contributed by atoms with E-state index in [1.807, 2.05) is 30.3 Å². The van der Waals surface area contributed by atoms with Gasteiger partial charge in [-0.05, 0) is 49.1 Å². The van der Waals surface area contributed by atoms with Crippen LogP contribution in [0.1, 0.15) is 24.8 Å². The Hall–Kier alpha value is -2.10. The highest BCUT2D eigenvalue weighted by molar-refractivity contribution is 7.89. The van der Waals surface area contributed by atoms with Gasteiger partial charge in [0.15, 0.2) is 0 Å². The summed E-state index contributed by atoms with van der Waals surface area (Å²) in [7, 11) is -3.93. The summed E-state index contributed by atoms with van der Waals surface area (Å²) >= 11 is 0. The van der Waals surface area contributed by atoms with Gasteiger partial charge in [-0.2, -0.15) is 0 Å². The lowest BCUT2D eigenvalue weighted by molar-refractivity contribution is -0.274. The van der Waals surface area contributed by atoms with Crippen LogP contribution in [0.2, 0.25) is 0 Å². The second kappa shape index (κ2) is 8.73. The smallest absolute Gasteiger partial charge is 0.406 e. The molecular formula is C18H20F3NO4S. The van der Waals surface area contributed by atoms with Gasteiger partial charge in [0, 0.05) is 6.54 Å². The maximum Gasteiger partial charge on any atom is 0.573 e. The Morgan fingerprint density at radius 3 is 2.19 bits per heavy atom. The largest absolute Gasteiger partial charge is 0.573 e. The number of hydrogen-bond acceptors (Lipinski definition) is 4. The molecule has 2 atom stereocenters. The van der Waals surface area contributed by atoms with Crippen molar-refractivity contribution in [3.05, 3.63) is 60.2 Å². The van der Waals surface area contributed by atoms with Gasteiger partial charge < -0.3 is 9.84 Å². The molecule has 9 heteroatoms. The lowest BCUT2D eigenvalue weighted by Crippen LogP contribution is -2.30. The van der Waals surface area contributed by atoms with Crippen LogP contribution in [0.3, 0.4) is 0 Å². The van der Waals surface area contributed by atoms with E-state index in [0.29, 0.717) is 6.42 Å². The predicted molar refractivity (Wildman–Crippen MR) is 93.8 cm³/mol. The maximum absolute atomic E-state index is 12.4. The number of nitrogens with one attached hydrogen (secondary N) is 1. The van der Waals surface area contributed by atoms with Crippen LogP contribution in [0.15, 0.2) is 59.5 Å². The van der Waals surface area contributed by atoms with Crippen LogP contribution < -0.4 is 9.46 Å². The SMILES string of the molecule is CC(O)CC(CNS(=O)(=O)c1ccc(OC(F)(F)F)cc1)c1ccccc1. The Morgan fingerprint density at radius 1 is 1.07 bits per heavy atom. The molecule has 0 saturated heterocycles. The Morgan fingerprint density at radius 2 is 1.67 bits per heavy atom. The standard InChI is InChI=1S/C18H20F3NO4S/c1-13(23)11-15(14-5-3-2-4-6-14)12-22-27(24,25)17-9-7-16(8-10-17)26-18(19,20)21/h2-10,13,15,22-23H,11-12H2,1H3. The summed E-state index contributed by atoms with van der Waals surface area (Å²) in [6.07, 6.45) is -5.12. The molecule has 0 heterocycles. The molecule has 0 saturated carbocycles. The molecule has 2 aromatic carbocycles. The molecule has 0 aromatic heterocycles. The van der Waals surface area contributed by atoms with Crippen LogP contribution in [0, 0.1) is 0 Å². The molecule has 5 nitrogen and oxygen atoms in total. The highest BCUT2D eigenvalue weighted by Gasteiger charge is 2.31. The van der Waals surface area contributed by atoms with Crippen molar-refractivity contribution in [3.63, 3.8) is 0 Å². The molecule has 148 valence electrons. The minimum atomic E-state index is -4.84. The average Bonchev–Trinajstić information content (AvgIpc) is 2.58. The minimum Gasteiger partial charge on any atom is -0.406 e. The van der Waals surface area contributed by atoms with Gasteiger partial charge in [-0.1, -0.05) is 30.3 Å². The summed E-state index contributed by atoms with van der Waals surface area (Å²) in [6.45, 7) is 1.65. The third-order valence-electron chi connectivity index (χ3n) is 3.78. The number of ether oxygens (including phenoxy) is 1. The van der Waals surface area contributed by atoms with Gasteiger partial charge in [-0.3, -0.25) is 0 Å². The van der Waals surface area contributed by atoms with Gasteiger partial charge in [0.2, 0.25) is 10.0 Å². The molecule has 0 spiro atoms. The molecule has 0 bridgehead atoms. The molecule has 0 fully saturated rings. The monoisotopic (exact) mass is 403 g/mol. The van der Waals surface area contributed by atoms with Crippen molar-refractivity contribution in [1.29, 1.82) is 0 Å². The van der Waals surface area contributed by atoms with E-state index < -0.39 is 28.2 Å². The molecule has 0 aliphatic heterocycles. The van der Waals surface area contributed by atoms with E-state index in [2.05, 4.69) is 9.46 Å². The second-order valence-electron chi connectivity index (χ2n) is 6.06. The van der Waals surface area contributed by atoms with E-state index in [1.165, 1.54) is 0 Å². The van der Waals surface area contributed by atoms with Crippen molar-refractivity contribution in [2.45, 2.75) is 36.6 Å². The van der Waals surface area contributed by atoms with Crippen molar-refractivity contribution in [1.82, 2.24) is 4.72 Å². The van der Waals surface area contributed by atoms with Crippen molar-refractivity contribution >= 4 is 10.0 Å². The minimum absolute atomic E-state index is 0.0397. The van der Waals surface area contributed by atoms with Crippen molar-refractivity contribution in [2.24, 2.45) is 0 Å². The summed E-state index contributed by atoms with van der Waals surface area (Å²) in [6, 6.07) is 13.1. The normalized spacial score (nSPS) is 14.6. The van der Waals surface area contributed by atoms with Crippen LogP contribution in [-0.4, -0.2) is 32.5 Å². The van der Waals surface area contributed by atoms with Crippen molar-refractivity contribution in [3.8, 4) is 5.75 Å². The summed E-state index contributed by atoms with van der Waals surface area (Å²) in [5, 5.41) is 9.67. The number of aliphatic hydroxyl groups excluding tert-OH is 1. The Balaban J connectivity index is 2.10. The first-order valence-electron chi connectivity index (χ1n) is 8.15. The van der Waals surface area contributed by atoms with E-state index in [-0.39, 0.29) is 17.4 Å². The first kappa shape index (κ1) is 21.2. The quantitative estimate of drug-likeness (QED) is 0.708. The number of halogens is 3. The second-order valence-corrected chi connectivity index (χ2v) is 7.83. The average molecular weight is 403 g/mol. The first-order valence-corrected chi connectivity index (χ1v) is 9.63. The van der Waals surface area contributed by atoms with E-state index in [0.717, 1.165) is 29.8 Å². The topological polar surface area (TPSA) is 75.6 Å². The Kier molecular flexibility index (Phi) is 6.85. The molecule has 0 aliphatic carbocycles. The van der Waals surface area contributed by atoms with Gasteiger partial charge in [0.1, 0.15) is 5.75 Å². The van der Waals surface area contributed by atoms with E-state index in [1.54, 1.807) is 6.92 Å². The number of hydrogen-bond donors (Lipinski definition) is 2. The van der Waals surface area contributed by atoms with Crippen molar-refractivity contribution in [2.75, 3.05) is 6.54 Å². The summed E-state index contributed by atoms with van der Waals surface area (Å²) in [5.74, 6) is -0.758. The van der Waals surface area contributed by atoms with Crippen LogP contribution in [0.4, 0.5) is 13.2 Å². The fourth-order valence-corrected chi connectivity index (χ4v) is 3.67. The van der Waals surface area contributed by atoms with Gasteiger partial charge in [-0.25, -0.2) is 13.1 Å². The Labute approximate surface area is 155 Å². The van der Waals surface area contributed by atoms with E-state index in [4.69, 9.17) is 0 Å². The van der Waals surface area contributed by atoms with Crippen LogP contribution >= 0.6 is 0 Å². The van der Waals surface area contributed by atoms with Crippen LogP contribution in [-0.2, 0) is 10.0 Å². The molecule has 2 N–H and O–H groups in total. The highest BCUT2D eigenvalue weighted by atomic mass is 32.2. The summed E-state index contributed by atoms with van der Waals surface area (Å²) in [5.41, 5.74) is 0.870. The summed E-state index contributed by atoms with van der Waals surface area (Å²) < 4.78 is 67.5. The van der Waals surface area contributed by atoms with Gasteiger partial charge in [-0.15, -0.1) is 13.2 Å². The number of benzene rings is 2. The predicted octanol–water partition coefficient (Wildman–Crippen LogP) is 3.42. The lowest BCUT2D eigenvalue weighted by Gasteiger charge is -2.20. The third kappa shape index (κ3) is 6.85. The molecule has 2 aromatic rings. The van der Waals surface area contributed by atoms with E-state index >= 15 is 0 Å². The first-order chi connectivity index (χ1) is 12.6. The molecule has 2 rings (SSSR count).